The number of aliphatic carboxylic acids is 1. The molecule has 2 atom stereocenters. The quantitative estimate of drug-likeness (QED) is 0.256. The Balaban J connectivity index is 0.00000841. The van der Waals surface area contributed by atoms with Crippen molar-refractivity contribution in [1.82, 2.24) is 4.90 Å². The Morgan fingerprint density at radius 1 is 1.07 bits per heavy atom. The summed E-state index contributed by atoms with van der Waals surface area (Å²) in [4.78, 5) is 17.4. The number of allylic oxidation sites excluding steroid dienone is 1. The van der Waals surface area contributed by atoms with Crippen LogP contribution in [0.5, 0.6) is 0 Å². The van der Waals surface area contributed by atoms with E-state index in [-0.39, 0.29) is 31.0 Å². The number of nitrogens with two attached hydrogens (primary N) is 1. The first-order valence-electron chi connectivity index (χ1n) is 12.0. The molecule has 176 valence electrons. The second-order valence-electron chi connectivity index (χ2n) is 8.62. The summed E-state index contributed by atoms with van der Waals surface area (Å²) in [7, 11) is 0. The Bertz CT molecular complexity index is 495. The molecule has 1 heterocycles. The molecule has 0 amide bonds. The van der Waals surface area contributed by atoms with Crippen molar-refractivity contribution in [2.45, 2.75) is 116 Å². The van der Waals surface area contributed by atoms with Crippen molar-refractivity contribution in [3.8, 4) is 0 Å². The Morgan fingerprint density at radius 2 is 1.57 bits per heavy atom. The smallest absolute Gasteiger partial charge is 0.323 e. The van der Waals surface area contributed by atoms with Crippen molar-refractivity contribution < 1.29 is 9.90 Å². The van der Waals surface area contributed by atoms with Crippen molar-refractivity contribution in [1.29, 1.82) is 0 Å². The van der Waals surface area contributed by atoms with Crippen molar-refractivity contribution in [3.05, 3.63) is 12.2 Å². The first-order chi connectivity index (χ1) is 14.0. The second kappa shape index (κ2) is 18.7. The number of unbranched alkanes of at least 4 members (excludes halogenated alkanes) is 13. The first kappa shape index (κ1) is 28.9. The molecule has 3 N–H and O–H groups in total. The lowest BCUT2D eigenvalue weighted by Gasteiger charge is -2.17. The standard InChI is InChI=1S/C24H45N3O2.ClH/c1-3-4-5-6-7-8-9-10-11-12-13-14-15-16-17-18-23-26-22(21(2)25)19-27(23)20-24(28)29;/h17-18,21-22H,3-16,19-20,25H2,1-2H3,(H,28,29);1H. The molecule has 1 aliphatic rings. The predicted molar refractivity (Wildman–Crippen MR) is 131 cm³/mol. The summed E-state index contributed by atoms with van der Waals surface area (Å²) in [6.07, 6.45) is 22.9. The first-order valence-corrected chi connectivity index (χ1v) is 12.0. The zero-order chi connectivity index (χ0) is 21.3. The van der Waals surface area contributed by atoms with E-state index >= 15 is 0 Å². The maximum atomic E-state index is 11.0. The molecule has 1 aliphatic heterocycles. The number of carboxylic acids is 1. The largest absolute Gasteiger partial charge is 0.480 e. The molecule has 0 radical (unpaired) electrons. The fourth-order valence-electron chi connectivity index (χ4n) is 3.82. The maximum Gasteiger partial charge on any atom is 0.323 e. The Kier molecular flexibility index (Phi) is 18.0. The van der Waals surface area contributed by atoms with Gasteiger partial charge in [-0.25, -0.2) is 0 Å². The molecule has 30 heavy (non-hydrogen) atoms. The van der Waals surface area contributed by atoms with Crippen LogP contribution in [0, 0.1) is 0 Å². The summed E-state index contributed by atoms with van der Waals surface area (Å²) in [6, 6.07) is -0.0661. The Hall–Kier alpha value is -1.07. The summed E-state index contributed by atoms with van der Waals surface area (Å²) in [5.41, 5.74) is 5.93. The van der Waals surface area contributed by atoms with E-state index in [2.05, 4.69) is 18.0 Å². The van der Waals surface area contributed by atoms with Crippen LogP contribution in [0.1, 0.15) is 104 Å². The minimum atomic E-state index is -0.826. The second-order valence-corrected chi connectivity index (χ2v) is 8.62. The van der Waals surface area contributed by atoms with Crippen LogP contribution >= 0.6 is 12.4 Å². The Morgan fingerprint density at radius 3 is 2.03 bits per heavy atom. The fourth-order valence-corrected chi connectivity index (χ4v) is 3.82. The molecule has 0 aliphatic carbocycles. The van der Waals surface area contributed by atoms with E-state index in [4.69, 9.17) is 10.8 Å². The summed E-state index contributed by atoms with van der Waals surface area (Å²) in [6.45, 7) is 4.79. The minimum Gasteiger partial charge on any atom is -0.480 e. The van der Waals surface area contributed by atoms with E-state index < -0.39 is 5.97 Å². The number of aliphatic imine (C=N–C) groups is 1. The molecule has 5 nitrogen and oxygen atoms in total. The van der Waals surface area contributed by atoms with Gasteiger partial charge < -0.3 is 15.7 Å². The van der Waals surface area contributed by atoms with Gasteiger partial charge in [0.25, 0.3) is 0 Å². The van der Waals surface area contributed by atoms with Crippen LogP contribution in [0.4, 0.5) is 0 Å². The molecule has 0 bridgehead atoms. The van der Waals surface area contributed by atoms with Gasteiger partial charge in [-0.3, -0.25) is 9.79 Å². The Labute approximate surface area is 191 Å². The molecule has 0 aromatic carbocycles. The summed E-state index contributed by atoms with van der Waals surface area (Å²) < 4.78 is 0. The highest BCUT2D eigenvalue weighted by Crippen LogP contribution is 2.15. The van der Waals surface area contributed by atoms with Gasteiger partial charge in [-0.15, -0.1) is 12.4 Å². The van der Waals surface area contributed by atoms with Gasteiger partial charge in [0.05, 0.1) is 6.04 Å². The van der Waals surface area contributed by atoms with Crippen molar-refractivity contribution in [2.75, 3.05) is 13.1 Å². The lowest BCUT2D eigenvalue weighted by Crippen LogP contribution is -2.38. The van der Waals surface area contributed by atoms with Crippen LogP contribution in [0.15, 0.2) is 17.1 Å². The molecule has 0 aromatic rings. The minimum absolute atomic E-state index is 0. The van der Waals surface area contributed by atoms with Gasteiger partial charge in [0.1, 0.15) is 12.4 Å². The molecular weight excluding hydrogens is 398 g/mol. The third kappa shape index (κ3) is 14.0. The topological polar surface area (TPSA) is 78.9 Å². The normalized spacial score (nSPS) is 17.2. The van der Waals surface area contributed by atoms with E-state index in [1.807, 2.05) is 17.9 Å². The lowest BCUT2D eigenvalue weighted by atomic mass is 10.0. The van der Waals surface area contributed by atoms with Crippen LogP contribution in [-0.2, 0) is 4.79 Å². The van der Waals surface area contributed by atoms with Gasteiger partial charge in [-0.1, -0.05) is 90.0 Å². The highest BCUT2D eigenvalue weighted by atomic mass is 35.5. The third-order valence-corrected chi connectivity index (χ3v) is 5.70. The van der Waals surface area contributed by atoms with Crippen LogP contribution < -0.4 is 5.73 Å². The number of hydrogen-bond donors (Lipinski definition) is 2. The van der Waals surface area contributed by atoms with Gasteiger partial charge in [0.15, 0.2) is 0 Å². The van der Waals surface area contributed by atoms with Crippen molar-refractivity contribution >= 4 is 24.2 Å². The molecule has 0 aromatic heterocycles. The third-order valence-electron chi connectivity index (χ3n) is 5.70. The van der Waals surface area contributed by atoms with Gasteiger partial charge >= 0.3 is 5.97 Å². The highest BCUT2D eigenvalue weighted by molar-refractivity contribution is 5.96. The number of amidine groups is 1. The van der Waals surface area contributed by atoms with E-state index in [1.54, 1.807) is 0 Å². The highest BCUT2D eigenvalue weighted by Gasteiger charge is 2.27. The maximum absolute atomic E-state index is 11.0. The van der Waals surface area contributed by atoms with Gasteiger partial charge in [-0.05, 0) is 25.8 Å². The van der Waals surface area contributed by atoms with E-state index in [9.17, 15) is 4.79 Å². The van der Waals surface area contributed by atoms with Gasteiger partial charge in [0, 0.05) is 12.6 Å². The zero-order valence-electron chi connectivity index (χ0n) is 19.4. The number of rotatable bonds is 18. The van der Waals surface area contributed by atoms with Crippen LogP contribution in [0.3, 0.4) is 0 Å². The number of halogens is 1. The van der Waals surface area contributed by atoms with Gasteiger partial charge in [0.2, 0.25) is 0 Å². The van der Waals surface area contributed by atoms with Gasteiger partial charge in [-0.2, -0.15) is 0 Å². The SMILES string of the molecule is CCCCCCCCCCCCCCCC=CC1=NC(C(C)N)CN1CC(=O)O.Cl. The number of carbonyl (C=O) groups is 1. The van der Waals surface area contributed by atoms with E-state index in [0.717, 1.165) is 12.3 Å². The number of carboxylic acid groups (broad SMARTS) is 1. The number of hydrogen-bond acceptors (Lipinski definition) is 4. The van der Waals surface area contributed by atoms with E-state index in [1.165, 1.54) is 83.5 Å². The zero-order valence-corrected chi connectivity index (χ0v) is 20.2. The van der Waals surface area contributed by atoms with Crippen LogP contribution in [0.25, 0.3) is 0 Å². The summed E-state index contributed by atoms with van der Waals surface area (Å²) in [5, 5.41) is 9.07. The molecule has 0 saturated heterocycles. The lowest BCUT2D eigenvalue weighted by molar-refractivity contribution is -0.137. The van der Waals surface area contributed by atoms with E-state index in [0.29, 0.717) is 6.54 Å². The summed E-state index contributed by atoms with van der Waals surface area (Å²) in [5.74, 6) is -0.0580. The molecule has 1 rings (SSSR count). The van der Waals surface area contributed by atoms with Crippen molar-refractivity contribution in [3.63, 3.8) is 0 Å². The predicted octanol–water partition coefficient (Wildman–Crippen LogP) is 5.96. The molecule has 6 heteroatoms. The average molecular weight is 444 g/mol. The molecule has 0 spiro atoms. The molecule has 0 fully saturated rings. The molecular formula is C24H46ClN3O2. The molecule has 2 unspecified atom stereocenters. The van der Waals surface area contributed by atoms with Crippen LogP contribution in [-0.4, -0.2) is 47.0 Å². The van der Waals surface area contributed by atoms with Crippen molar-refractivity contribution in [2.24, 2.45) is 10.7 Å². The summed E-state index contributed by atoms with van der Waals surface area (Å²) >= 11 is 0. The average Bonchev–Trinajstić information content (AvgIpc) is 3.07. The number of nitrogens with zero attached hydrogens (tertiary/aromatic N) is 2. The monoisotopic (exact) mass is 443 g/mol. The molecule has 0 saturated carbocycles. The van der Waals surface area contributed by atoms with Crippen LogP contribution in [0.2, 0.25) is 0 Å². The fraction of sp³-hybridized carbons (Fsp3) is 0.833.